The van der Waals surface area contributed by atoms with Crippen LogP contribution in [0.2, 0.25) is 0 Å². The van der Waals surface area contributed by atoms with Gasteiger partial charge in [-0.3, -0.25) is 9.59 Å². The van der Waals surface area contributed by atoms with E-state index in [0.717, 1.165) is 22.4 Å². The van der Waals surface area contributed by atoms with Crippen LogP contribution >= 0.6 is 11.8 Å². The number of anilines is 1. The van der Waals surface area contributed by atoms with Crippen molar-refractivity contribution in [1.29, 1.82) is 0 Å². The predicted octanol–water partition coefficient (Wildman–Crippen LogP) is 5.65. The predicted molar refractivity (Wildman–Crippen MR) is 127 cm³/mol. The topological polar surface area (TPSA) is 49.4 Å². The summed E-state index contributed by atoms with van der Waals surface area (Å²) in [5, 5.41) is 2.88. The molecule has 1 heterocycles. The molecule has 32 heavy (non-hydrogen) atoms. The van der Waals surface area contributed by atoms with Gasteiger partial charge in [0.05, 0.1) is 17.1 Å². The summed E-state index contributed by atoms with van der Waals surface area (Å²) in [5.41, 5.74) is 2.92. The molecule has 0 bridgehead atoms. The van der Waals surface area contributed by atoms with E-state index in [1.54, 1.807) is 29.2 Å². The molecule has 4 rings (SSSR count). The summed E-state index contributed by atoms with van der Waals surface area (Å²) < 4.78 is 13.4. The van der Waals surface area contributed by atoms with Gasteiger partial charge in [0, 0.05) is 17.0 Å². The minimum Gasteiger partial charge on any atom is -0.352 e. The third kappa shape index (κ3) is 4.92. The number of carbonyl (C=O) groups is 2. The first-order valence-electron chi connectivity index (χ1n) is 10.5. The van der Waals surface area contributed by atoms with Crippen molar-refractivity contribution in [2.75, 3.05) is 11.4 Å². The van der Waals surface area contributed by atoms with E-state index >= 15 is 0 Å². The van der Waals surface area contributed by atoms with Crippen molar-refractivity contribution in [2.45, 2.75) is 24.8 Å². The van der Waals surface area contributed by atoms with Crippen LogP contribution in [0.25, 0.3) is 6.08 Å². The van der Waals surface area contributed by atoms with Crippen LogP contribution < -0.4 is 10.2 Å². The van der Waals surface area contributed by atoms with E-state index in [1.165, 1.54) is 23.9 Å². The molecule has 0 fully saturated rings. The molecule has 4 nitrogen and oxygen atoms in total. The molecule has 0 unspecified atom stereocenters. The average molecular weight is 447 g/mol. The van der Waals surface area contributed by atoms with Crippen molar-refractivity contribution in [3.8, 4) is 0 Å². The number of hydrogen-bond donors (Lipinski definition) is 1. The molecule has 3 aromatic rings. The number of rotatable bonds is 6. The maximum absolute atomic E-state index is 13.5. The van der Waals surface area contributed by atoms with Crippen molar-refractivity contribution in [3.05, 3.63) is 100 Å². The number of nitrogens with zero attached hydrogens (tertiary/aromatic N) is 1. The Hall–Kier alpha value is -3.38. The summed E-state index contributed by atoms with van der Waals surface area (Å²) >= 11 is 1.39. The fourth-order valence-electron chi connectivity index (χ4n) is 3.42. The van der Waals surface area contributed by atoms with Crippen LogP contribution in [-0.4, -0.2) is 18.4 Å². The Kier molecular flexibility index (Phi) is 6.71. The largest absolute Gasteiger partial charge is 0.352 e. The molecule has 2 amide bonds. The summed E-state index contributed by atoms with van der Waals surface area (Å²) in [7, 11) is 0. The van der Waals surface area contributed by atoms with Crippen molar-refractivity contribution < 1.29 is 14.0 Å². The molecular weight excluding hydrogens is 423 g/mol. The summed E-state index contributed by atoms with van der Waals surface area (Å²) in [6.45, 7) is 2.86. The Morgan fingerprint density at radius 3 is 2.53 bits per heavy atom. The van der Waals surface area contributed by atoms with E-state index in [4.69, 9.17) is 0 Å². The van der Waals surface area contributed by atoms with Gasteiger partial charge in [0.15, 0.2) is 0 Å². The maximum atomic E-state index is 13.5. The van der Waals surface area contributed by atoms with Gasteiger partial charge in [0.2, 0.25) is 0 Å². The van der Waals surface area contributed by atoms with Crippen LogP contribution in [0.3, 0.4) is 0 Å². The zero-order valence-corrected chi connectivity index (χ0v) is 18.5. The van der Waals surface area contributed by atoms with E-state index in [0.29, 0.717) is 22.7 Å². The number of amides is 2. The van der Waals surface area contributed by atoms with E-state index in [9.17, 15) is 14.0 Å². The SMILES string of the molecule is CCCNC(=O)c1ccc2c(c1)N(Cc1ccc(F)cc1)C(=O)/C(=C/c1ccccc1)S2. The zero-order valence-electron chi connectivity index (χ0n) is 17.7. The molecule has 0 spiro atoms. The molecule has 0 radical (unpaired) electrons. The Morgan fingerprint density at radius 1 is 1.06 bits per heavy atom. The lowest BCUT2D eigenvalue weighted by Gasteiger charge is -2.31. The van der Waals surface area contributed by atoms with Gasteiger partial charge in [-0.2, -0.15) is 0 Å². The second-order valence-corrected chi connectivity index (χ2v) is 8.56. The van der Waals surface area contributed by atoms with E-state index in [2.05, 4.69) is 5.32 Å². The molecule has 6 heteroatoms. The average Bonchev–Trinajstić information content (AvgIpc) is 2.82. The van der Waals surface area contributed by atoms with Gasteiger partial charge in [0.1, 0.15) is 5.82 Å². The van der Waals surface area contributed by atoms with Crippen LogP contribution in [0, 0.1) is 5.82 Å². The highest BCUT2D eigenvalue weighted by Crippen LogP contribution is 2.43. The molecule has 0 atom stereocenters. The lowest BCUT2D eigenvalue weighted by Crippen LogP contribution is -2.34. The van der Waals surface area contributed by atoms with Crippen LogP contribution in [0.15, 0.2) is 82.6 Å². The van der Waals surface area contributed by atoms with Gasteiger partial charge in [0.25, 0.3) is 11.8 Å². The second kappa shape index (κ2) is 9.83. The van der Waals surface area contributed by atoms with E-state index in [1.807, 2.05) is 49.4 Å². The Balaban J connectivity index is 1.73. The van der Waals surface area contributed by atoms with Gasteiger partial charge in [-0.05, 0) is 54.0 Å². The monoisotopic (exact) mass is 446 g/mol. The normalized spacial score (nSPS) is 14.4. The quantitative estimate of drug-likeness (QED) is 0.498. The van der Waals surface area contributed by atoms with Gasteiger partial charge < -0.3 is 10.2 Å². The number of benzene rings is 3. The minimum atomic E-state index is -0.325. The maximum Gasteiger partial charge on any atom is 0.265 e. The van der Waals surface area contributed by atoms with Crippen molar-refractivity contribution in [1.82, 2.24) is 5.32 Å². The van der Waals surface area contributed by atoms with Crippen LogP contribution in [0.5, 0.6) is 0 Å². The third-order valence-corrected chi connectivity index (χ3v) is 6.15. The molecule has 0 aliphatic carbocycles. The van der Waals surface area contributed by atoms with Crippen LogP contribution in [0.1, 0.15) is 34.8 Å². The number of carbonyl (C=O) groups excluding carboxylic acids is 2. The number of nitrogens with one attached hydrogen (secondary N) is 1. The van der Waals surface area contributed by atoms with Gasteiger partial charge in [-0.15, -0.1) is 0 Å². The van der Waals surface area contributed by atoms with Crippen LogP contribution in [0.4, 0.5) is 10.1 Å². The Morgan fingerprint density at radius 2 is 1.81 bits per heavy atom. The number of fused-ring (bicyclic) bond motifs is 1. The lowest BCUT2D eigenvalue weighted by molar-refractivity contribution is -0.114. The van der Waals surface area contributed by atoms with E-state index in [-0.39, 0.29) is 24.2 Å². The van der Waals surface area contributed by atoms with Gasteiger partial charge in [-0.25, -0.2) is 4.39 Å². The summed E-state index contributed by atoms with van der Waals surface area (Å²) in [5.74, 6) is -0.643. The highest BCUT2D eigenvalue weighted by atomic mass is 32.2. The van der Waals surface area contributed by atoms with Crippen molar-refractivity contribution in [2.24, 2.45) is 0 Å². The highest BCUT2D eigenvalue weighted by Gasteiger charge is 2.30. The first-order valence-corrected chi connectivity index (χ1v) is 11.3. The fourth-order valence-corrected chi connectivity index (χ4v) is 4.46. The lowest BCUT2D eigenvalue weighted by atomic mass is 10.1. The molecule has 162 valence electrons. The summed E-state index contributed by atoms with van der Waals surface area (Å²) in [6.07, 6.45) is 2.71. The number of hydrogen-bond acceptors (Lipinski definition) is 3. The van der Waals surface area contributed by atoms with Crippen molar-refractivity contribution >= 4 is 35.3 Å². The molecular formula is C26H23FN2O2S. The standard InChI is InChI=1S/C26H23FN2O2S/c1-2-14-28-25(30)20-10-13-23-22(16-20)29(17-19-8-11-21(27)12-9-19)26(31)24(32-23)15-18-6-4-3-5-7-18/h3-13,15-16H,2,14,17H2,1H3,(H,28,30)/b24-15-. The summed E-state index contributed by atoms with van der Waals surface area (Å²) in [6, 6.07) is 21.2. The number of halogens is 1. The molecule has 3 aromatic carbocycles. The number of thioether (sulfide) groups is 1. The molecule has 0 aromatic heterocycles. The molecule has 1 N–H and O–H groups in total. The minimum absolute atomic E-state index is 0.151. The molecule has 0 saturated heterocycles. The Labute approximate surface area is 191 Å². The third-order valence-electron chi connectivity index (χ3n) is 5.07. The first kappa shape index (κ1) is 21.8. The second-order valence-electron chi connectivity index (χ2n) is 7.48. The molecule has 0 saturated carbocycles. The molecule has 1 aliphatic rings. The molecule has 1 aliphatic heterocycles. The van der Waals surface area contributed by atoms with Crippen LogP contribution in [-0.2, 0) is 11.3 Å². The smallest absolute Gasteiger partial charge is 0.265 e. The zero-order chi connectivity index (χ0) is 22.5. The van der Waals surface area contributed by atoms with Crippen molar-refractivity contribution in [3.63, 3.8) is 0 Å². The van der Waals surface area contributed by atoms with Gasteiger partial charge >= 0.3 is 0 Å². The Bertz CT molecular complexity index is 1160. The van der Waals surface area contributed by atoms with E-state index < -0.39 is 0 Å². The fraction of sp³-hybridized carbons (Fsp3) is 0.154. The van der Waals surface area contributed by atoms with Gasteiger partial charge in [-0.1, -0.05) is 61.2 Å². The highest BCUT2D eigenvalue weighted by molar-refractivity contribution is 8.04. The first-order chi connectivity index (χ1) is 15.5. The summed E-state index contributed by atoms with van der Waals surface area (Å²) in [4.78, 5) is 29.1.